The summed E-state index contributed by atoms with van der Waals surface area (Å²) in [6.45, 7) is 3.00. The molecule has 21 heavy (non-hydrogen) atoms. The molecule has 118 valence electrons. The number of rotatable bonds is 6. The molecule has 1 aliphatic rings. The number of aromatic nitrogens is 2. The van der Waals surface area contributed by atoms with Crippen LogP contribution in [0, 0.1) is 0 Å². The van der Waals surface area contributed by atoms with E-state index in [2.05, 4.69) is 20.8 Å². The van der Waals surface area contributed by atoms with Gasteiger partial charge < -0.3 is 10.1 Å². The molecule has 0 bridgehead atoms. The van der Waals surface area contributed by atoms with Crippen molar-refractivity contribution in [3.05, 3.63) is 0 Å². The SMILES string of the molecule is CCOC(=O)CSc1nnc(NC(=O)C2CCCN2)s1.Cl. The Morgan fingerprint density at radius 1 is 1.52 bits per heavy atom. The molecule has 0 saturated carbocycles. The van der Waals surface area contributed by atoms with Gasteiger partial charge in [-0.3, -0.25) is 14.9 Å². The number of halogens is 1. The first-order chi connectivity index (χ1) is 9.69. The number of esters is 1. The van der Waals surface area contributed by atoms with Crippen LogP contribution in [0.15, 0.2) is 4.34 Å². The zero-order valence-electron chi connectivity index (χ0n) is 11.5. The Labute approximate surface area is 137 Å². The van der Waals surface area contributed by atoms with Crippen molar-refractivity contribution in [1.29, 1.82) is 0 Å². The van der Waals surface area contributed by atoms with E-state index in [1.54, 1.807) is 6.92 Å². The fourth-order valence-electron chi connectivity index (χ4n) is 1.74. The van der Waals surface area contributed by atoms with Gasteiger partial charge in [0.1, 0.15) is 0 Å². The van der Waals surface area contributed by atoms with Gasteiger partial charge in [0, 0.05) is 0 Å². The second-order valence-electron chi connectivity index (χ2n) is 4.11. The molecule has 10 heteroatoms. The highest BCUT2D eigenvalue weighted by Crippen LogP contribution is 2.25. The highest BCUT2D eigenvalue weighted by atomic mass is 35.5. The monoisotopic (exact) mass is 352 g/mol. The summed E-state index contributed by atoms with van der Waals surface area (Å²) in [6, 6.07) is -0.144. The molecule has 1 aromatic rings. The largest absolute Gasteiger partial charge is 0.465 e. The number of anilines is 1. The fraction of sp³-hybridized carbons (Fsp3) is 0.636. The summed E-state index contributed by atoms with van der Waals surface area (Å²) in [7, 11) is 0. The van der Waals surface area contributed by atoms with E-state index >= 15 is 0 Å². The van der Waals surface area contributed by atoms with Gasteiger partial charge in [-0.1, -0.05) is 23.1 Å². The molecule has 1 unspecified atom stereocenters. The van der Waals surface area contributed by atoms with E-state index in [4.69, 9.17) is 4.74 Å². The van der Waals surface area contributed by atoms with E-state index in [-0.39, 0.29) is 36.1 Å². The Morgan fingerprint density at radius 3 is 3.00 bits per heavy atom. The first-order valence-corrected chi connectivity index (χ1v) is 8.15. The highest BCUT2D eigenvalue weighted by Gasteiger charge is 2.23. The molecule has 2 N–H and O–H groups in total. The number of carbonyl (C=O) groups is 2. The molecule has 1 aliphatic heterocycles. The first-order valence-electron chi connectivity index (χ1n) is 6.35. The Bertz CT molecular complexity index is 480. The third-order valence-corrected chi connectivity index (χ3v) is 4.58. The molecule has 1 fully saturated rings. The molecule has 0 radical (unpaired) electrons. The van der Waals surface area contributed by atoms with Gasteiger partial charge in [-0.15, -0.1) is 22.6 Å². The van der Waals surface area contributed by atoms with Crippen molar-refractivity contribution in [3.8, 4) is 0 Å². The molecule has 0 aliphatic carbocycles. The second-order valence-corrected chi connectivity index (χ2v) is 6.30. The maximum atomic E-state index is 11.9. The van der Waals surface area contributed by atoms with Crippen LogP contribution in [-0.2, 0) is 14.3 Å². The van der Waals surface area contributed by atoms with Crippen molar-refractivity contribution in [3.63, 3.8) is 0 Å². The van der Waals surface area contributed by atoms with Crippen LogP contribution < -0.4 is 10.6 Å². The Morgan fingerprint density at radius 2 is 2.33 bits per heavy atom. The number of nitrogens with one attached hydrogen (secondary N) is 2. The average Bonchev–Trinajstić information content (AvgIpc) is 3.08. The number of amides is 1. The minimum absolute atomic E-state index is 0. The van der Waals surface area contributed by atoms with E-state index in [1.807, 2.05) is 0 Å². The van der Waals surface area contributed by atoms with Crippen LogP contribution in [-0.4, -0.2) is 47.0 Å². The van der Waals surface area contributed by atoms with Crippen LogP contribution in [0.5, 0.6) is 0 Å². The average molecular weight is 353 g/mol. The zero-order valence-corrected chi connectivity index (χ0v) is 13.9. The molecule has 0 spiro atoms. The molecule has 1 amide bonds. The van der Waals surface area contributed by atoms with Gasteiger partial charge in [-0.2, -0.15) is 0 Å². The van der Waals surface area contributed by atoms with E-state index in [0.29, 0.717) is 16.1 Å². The minimum Gasteiger partial charge on any atom is -0.465 e. The molecule has 1 aromatic heterocycles. The molecular formula is C11H17ClN4O3S2. The van der Waals surface area contributed by atoms with Crippen LogP contribution in [0.1, 0.15) is 19.8 Å². The van der Waals surface area contributed by atoms with Gasteiger partial charge in [0.05, 0.1) is 18.4 Å². The molecule has 2 heterocycles. The maximum Gasteiger partial charge on any atom is 0.316 e. The smallest absolute Gasteiger partial charge is 0.316 e. The first kappa shape index (κ1) is 18.1. The number of ether oxygens (including phenoxy) is 1. The molecular weight excluding hydrogens is 336 g/mol. The number of thioether (sulfide) groups is 1. The van der Waals surface area contributed by atoms with E-state index in [1.165, 1.54) is 23.1 Å². The van der Waals surface area contributed by atoms with E-state index in [9.17, 15) is 9.59 Å². The summed E-state index contributed by atoms with van der Waals surface area (Å²) < 4.78 is 5.45. The van der Waals surface area contributed by atoms with Gasteiger partial charge >= 0.3 is 5.97 Å². The summed E-state index contributed by atoms with van der Waals surface area (Å²) in [5.41, 5.74) is 0. The van der Waals surface area contributed by atoms with Crippen LogP contribution in [0.4, 0.5) is 5.13 Å². The van der Waals surface area contributed by atoms with Crippen molar-refractivity contribution in [2.24, 2.45) is 0 Å². The topological polar surface area (TPSA) is 93.2 Å². The predicted octanol–water partition coefficient (Wildman–Crippen LogP) is 1.31. The van der Waals surface area contributed by atoms with Crippen molar-refractivity contribution >= 4 is 52.5 Å². The van der Waals surface area contributed by atoms with E-state index in [0.717, 1.165) is 19.4 Å². The lowest BCUT2D eigenvalue weighted by Gasteiger charge is -2.07. The van der Waals surface area contributed by atoms with Gasteiger partial charge in [0.15, 0.2) is 4.34 Å². The van der Waals surface area contributed by atoms with Gasteiger partial charge in [-0.25, -0.2) is 0 Å². The lowest BCUT2D eigenvalue weighted by molar-refractivity contribution is -0.139. The van der Waals surface area contributed by atoms with Crippen LogP contribution >= 0.6 is 35.5 Å². The summed E-state index contributed by atoms with van der Waals surface area (Å²) >= 11 is 2.51. The normalized spacial score (nSPS) is 17.1. The van der Waals surface area contributed by atoms with Crippen LogP contribution in [0.25, 0.3) is 0 Å². The molecule has 1 saturated heterocycles. The predicted molar refractivity (Wildman–Crippen MR) is 84.2 cm³/mol. The van der Waals surface area contributed by atoms with Gasteiger partial charge in [0.25, 0.3) is 0 Å². The van der Waals surface area contributed by atoms with Gasteiger partial charge in [-0.05, 0) is 26.3 Å². The summed E-state index contributed by atoms with van der Waals surface area (Å²) in [6.07, 6.45) is 1.85. The molecule has 2 rings (SSSR count). The standard InChI is InChI=1S/C11H16N4O3S2.ClH/c1-2-18-8(16)6-19-11-15-14-10(20-11)13-9(17)7-4-3-5-12-7;/h7,12H,2-6H2,1H3,(H,13,14,17);1H. The third kappa shape index (κ3) is 5.77. The minimum atomic E-state index is -0.284. The zero-order chi connectivity index (χ0) is 14.4. The van der Waals surface area contributed by atoms with Crippen molar-refractivity contribution in [2.75, 3.05) is 24.2 Å². The quantitative estimate of drug-likeness (QED) is 0.453. The summed E-state index contributed by atoms with van der Waals surface area (Å²) in [5.74, 6) is -0.172. The van der Waals surface area contributed by atoms with Crippen molar-refractivity contribution < 1.29 is 14.3 Å². The molecule has 7 nitrogen and oxygen atoms in total. The summed E-state index contributed by atoms with van der Waals surface area (Å²) in [5, 5.41) is 14.1. The van der Waals surface area contributed by atoms with Crippen molar-refractivity contribution in [1.82, 2.24) is 15.5 Å². The molecule has 1 atom stereocenters. The molecule has 0 aromatic carbocycles. The number of hydrogen-bond donors (Lipinski definition) is 2. The lowest BCUT2D eigenvalue weighted by Crippen LogP contribution is -2.35. The number of nitrogens with zero attached hydrogens (tertiary/aromatic N) is 2. The van der Waals surface area contributed by atoms with Crippen LogP contribution in [0.3, 0.4) is 0 Å². The summed E-state index contributed by atoms with van der Waals surface area (Å²) in [4.78, 5) is 23.1. The Hall–Kier alpha value is -0.900. The third-order valence-electron chi connectivity index (χ3n) is 2.63. The second kappa shape index (κ2) is 9.19. The maximum absolute atomic E-state index is 11.9. The Kier molecular flexibility index (Phi) is 7.94. The van der Waals surface area contributed by atoms with Crippen LogP contribution in [0.2, 0.25) is 0 Å². The van der Waals surface area contributed by atoms with Gasteiger partial charge in [0.2, 0.25) is 11.0 Å². The number of hydrogen-bond acceptors (Lipinski definition) is 8. The van der Waals surface area contributed by atoms with E-state index < -0.39 is 0 Å². The Balaban J connectivity index is 0.00000220. The lowest BCUT2D eigenvalue weighted by atomic mass is 10.2. The number of carbonyl (C=O) groups excluding carboxylic acids is 2. The fourth-order valence-corrected chi connectivity index (χ4v) is 3.30. The van der Waals surface area contributed by atoms with Crippen molar-refractivity contribution in [2.45, 2.75) is 30.1 Å². The highest BCUT2D eigenvalue weighted by molar-refractivity contribution is 8.01.